The zero-order valence-electron chi connectivity index (χ0n) is 15.5. The topological polar surface area (TPSA) is 48.1 Å². The number of aryl methyl sites for hydroxylation is 1. The third-order valence-corrected chi connectivity index (χ3v) is 9.31. The van der Waals surface area contributed by atoms with Crippen molar-refractivity contribution in [2.24, 2.45) is 0 Å². The zero-order chi connectivity index (χ0) is 17.0. The fraction of sp³-hybridized carbons (Fsp3) is 0.722. The number of rotatable bonds is 7. The number of nitrogens with two attached hydrogens (primary N) is 1. The van der Waals surface area contributed by atoms with E-state index in [-0.39, 0.29) is 5.04 Å². The normalized spacial score (nSPS) is 12.9. The van der Waals surface area contributed by atoms with Gasteiger partial charge in [-0.05, 0) is 54.9 Å². The highest BCUT2D eigenvalue weighted by Gasteiger charge is 2.36. The molecule has 0 saturated carbocycles. The first-order valence-corrected chi connectivity index (χ1v) is 11.3. The number of hydrogen-bond acceptors (Lipinski definition) is 3. The number of aromatic nitrogens is 1. The third-order valence-electron chi connectivity index (χ3n) is 4.77. The largest absolute Gasteiger partial charge is 0.417 e. The summed E-state index contributed by atoms with van der Waals surface area (Å²) < 4.78 is 6.22. The van der Waals surface area contributed by atoms with Gasteiger partial charge in [0.15, 0.2) is 8.32 Å². The maximum atomic E-state index is 6.24. The molecule has 0 amide bonds. The molecule has 0 unspecified atom stereocenters. The van der Waals surface area contributed by atoms with Crippen LogP contribution in [-0.4, -0.2) is 19.9 Å². The maximum absolute atomic E-state index is 6.24. The first-order chi connectivity index (χ1) is 10.1. The Labute approximate surface area is 137 Å². The number of unbranched alkanes of at least 4 members (excludes halogenated alkanes) is 1. The molecule has 0 aromatic carbocycles. The summed E-state index contributed by atoms with van der Waals surface area (Å²) in [5.74, 6) is 0.377. The number of pyridine rings is 1. The van der Waals surface area contributed by atoms with E-state index in [0.29, 0.717) is 5.92 Å². The van der Waals surface area contributed by atoms with Crippen LogP contribution in [0.3, 0.4) is 0 Å². The summed E-state index contributed by atoms with van der Waals surface area (Å²) in [7, 11) is -1.60. The van der Waals surface area contributed by atoms with E-state index in [0.717, 1.165) is 37.3 Å². The highest BCUT2D eigenvalue weighted by molar-refractivity contribution is 6.74. The molecule has 0 saturated heterocycles. The number of hydrogen-bond donors (Lipinski definition) is 1. The second-order valence-corrected chi connectivity index (χ2v) is 12.8. The molecule has 0 atom stereocenters. The Morgan fingerprint density at radius 3 is 2.41 bits per heavy atom. The smallest absolute Gasteiger partial charge is 0.191 e. The molecule has 0 spiro atoms. The Hall–Kier alpha value is -0.873. The fourth-order valence-electron chi connectivity index (χ4n) is 2.17. The molecule has 0 radical (unpaired) electrons. The van der Waals surface area contributed by atoms with E-state index in [1.54, 1.807) is 0 Å². The average molecular weight is 323 g/mol. The molecule has 1 heterocycles. The summed E-state index contributed by atoms with van der Waals surface area (Å²) in [4.78, 5) is 4.40. The van der Waals surface area contributed by atoms with Gasteiger partial charge in [-0.3, -0.25) is 4.98 Å². The lowest BCUT2D eigenvalue weighted by molar-refractivity contribution is 0.279. The Bertz CT molecular complexity index is 478. The van der Waals surface area contributed by atoms with Crippen LogP contribution in [0.4, 0.5) is 5.69 Å². The van der Waals surface area contributed by atoms with Crippen molar-refractivity contribution >= 4 is 14.0 Å². The van der Waals surface area contributed by atoms with Gasteiger partial charge in [-0.2, -0.15) is 0 Å². The number of anilines is 1. The first kappa shape index (κ1) is 19.2. The van der Waals surface area contributed by atoms with Crippen molar-refractivity contribution in [3.8, 4) is 0 Å². The quantitative estimate of drug-likeness (QED) is 0.559. The molecule has 4 heteroatoms. The third kappa shape index (κ3) is 5.09. The molecular formula is C18H34N2OSi. The maximum Gasteiger partial charge on any atom is 0.191 e. The monoisotopic (exact) mass is 322 g/mol. The van der Waals surface area contributed by atoms with Crippen molar-refractivity contribution in [1.82, 2.24) is 4.98 Å². The SMILES string of the molecule is CC(C)c1nccc(CCCCO[Si](C)(C)C(C)(C)C)c1N. The molecule has 0 bridgehead atoms. The Morgan fingerprint density at radius 2 is 1.86 bits per heavy atom. The van der Waals surface area contributed by atoms with Crippen LogP contribution in [0, 0.1) is 0 Å². The van der Waals surface area contributed by atoms with Crippen molar-refractivity contribution in [2.75, 3.05) is 12.3 Å². The molecule has 126 valence electrons. The Morgan fingerprint density at radius 1 is 1.23 bits per heavy atom. The highest BCUT2D eigenvalue weighted by atomic mass is 28.4. The van der Waals surface area contributed by atoms with E-state index >= 15 is 0 Å². The van der Waals surface area contributed by atoms with Crippen LogP contribution < -0.4 is 5.73 Å². The predicted octanol–water partition coefficient (Wildman–Crippen LogP) is 5.13. The minimum atomic E-state index is -1.60. The van der Waals surface area contributed by atoms with Crippen LogP contribution in [0.25, 0.3) is 0 Å². The van der Waals surface area contributed by atoms with Crippen LogP contribution in [0.5, 0.6) is 0 Å². The summed E-state index contributed by atoms with van der Waals surface area (Å²) in [6.07, 6.45) is 5.09. The molecule has 0 aliphatic carbocycles. The van der Waals surface area contributed by atoms with E-state index in [4.69, 9.17) is 10.2 Å². The number of nitrogens with zero attached hydrogens (tertiary/aromatic N) is 1. The summed E-state index contributed by atoms with van der Waals surface area (Å²) >= 11 is 0. The lowest BCUT2D eigenvalue weighted by Gasteiger charge is -2.36. The highest BCUT2D eigenvalue weighted by Crippen LogP contribution is 2.36. The van der Waals surface area contributed by atoms with E-state index in [1.807, 2.05) is 6.20 Å². The van der Waals surface area contributed by atoms with Gasteiger partial charge in [0.25, 0.3) is 0 Å². The molecule has 1 aromatic rings. The Kier molecular flexibility index (Phi) is 6.62. The van der Waals surface area contributed by atoms with Crippen molar-refractivity contribution in [2.45, 2.75) is 77.9 Å². The molecule has 1 rings (SSSR count). The molecule has 22 heavy (non-hydrogen) atoms. The number of nitrogen functional groups attached to an aromatic ring is 1. The van der Waals surface area contributed by atoms with Crippen molar-refractivity contribution in [1.29, 1.82) is 0 Å². The zero-order valence-corrected chi connectivity index (χ0v) is 16.5. The minimum absolute atomic E-state index is 0.286. The van der Waals surface area contributed by atoms with Crippen LogP contribution in [0.2, 0.25) is 18.1 Å². The van der Waals surface area contributed by atoms with E-state index in [9.17, 15) is 0 Å². The van der Waals surface area contributed by atoms with Gasteiger partial charge in [-0.25, -0.2) is 0 Å². The molecule has 2 N–H and O–H groups in total. The minimum Gasteiger partial charge on any atom is -0.417 e. The lowest BCUT2D eigenvalue weighted by atomic mass is 10.0. The Balaban J connectivity index is 2.45. The fourth-order valence-corrected chi connectivity index (χ4v) is 3.26. The van der Waals surface area contributed by atoms with Gasteiger partial charge in [0.2, 0.25) is 0 Å². The summed E-state index contributed by atoms with van der Waals surface area (Å²) in [5.41, 5.74) is 9.37. The van der Waals surface area contributed by atoms with Gasteiger partial charge in [-0.1, -0.05) is 34.6 Å². The van der Waals surface area contributed by atoms with Crippen molar-refractivity contribution < 1.29 is 4.43 Å². The van der Waals surface area contributed by atoms with Crippen LogP contribution in [0.1, 0.15) is 64.6 Å². The lowest BCUT2D eigenvalue weighted by Crippen LogP contribution is -2.40. The van der Waals surface area contributed by atoms with Gasteiger partial charge < -0.3 is 10.2 Å². The van der Waals surface area contributed by atoms with Crippen molar-refractivity contribution in [3.05, 3.63) is 23.5 Å². The van der Waals surface area contributed by atoms with E-state index in [1.165, 1.54) is 5.56 Å². The van der Waals surface area contributed by atoms with E-state index in [2.05, 4.69) is 58.8 Å². The second kappa shape index (κ2) is 7.60. The summed E-state index contributed by atoms with van der Waals surface area (Å²) in [5, 5.41) is 0.286. The molecular weight excluding hydrogens is 288 g/mol. The van der Waals surface area contributed by atoms with Crippen molar-refractivity contribution in [3.63, 3.8) is 0 Å². The van der Waals surface area contributed by atoms with Gasteiger partial charge in [0, 0.05) is 12.8 Å². The standard InChI is InChI=1S/C18H34N2OSi/c1-14(2)17-16(19)15(11-12-20-17)10-8-9-13-21-22(6,7)18(3,4)5/h11-12,14H,8-10,13,19H2,1-7H3. The van der Waals surface area contributed by atoms with Gasteiger partial charge in [0.05, 0.1) is 11.4 Å². The van der Waals surface area contributed by atoms with Crippen LogP contribution in [0.15, 0.2) is 12.3 Å². The molecule has 0 fully saturated rings. The summed E-state index contributed by atoms with van der Waals surface area (Å²) in [6.45, 7) is 16.6. The van der Waals surface area contributed by atoms with Gasteiger partial charge >= 0.3 is 0 Å². The molecule has 0 aliphatic rings. The molecule has 1 aromatic heterocycles. The molecule has 3 nitrogen and oxygen atoms in total. The summed E-state index contributed by atoms with van der Waals surface area (Å²) in [6, 6.07) is 2.05. The molecule has 0 aliphatic heterocycles. The average Bonchev–Trinajstić information content (AvgIpc) is 2.38. The predicted molar refractivity (Wildman–Crippen MR) is 98.8 cm³/mol. The van der Waals surface area contributed by atoms with Gasteiger partial charge in [0.1, 0.15) is 0 Å². The second-order valence-electron chi connectivity index (χ2n) is 7.99. The van der Waals surface area contributed by atoms with Gasteiger partial charge in [-0.15, -0.1) is 0 Å². The van der Waals surface area contributed by atoms with Crippen LogP contribution in [-0.2, 0) is 10.8 Å². The van der Waals surface area contributed by atoms with Crippen LogP contribution >= 0.6 is 0 Å². The van der Waals surface area contributed by atoms with E-state index < -0.39 is 8.32 Å². The first-order valence-electron chi connectivity index (χ1n) is 8.43.